The van der Waals surface area contributed by atoms with Gasteiger partial charge in [-0.2, -0.15) is 13.6 Å². The zero-order valence-corrected chi connectivity index (χ0v) is 20.3. The number of nitrogens with one attached hydrogen (secondary N) is 1. The lowest BCUT2D eigenvalue weighted by atomic mass is 9.77. The molecule has 5 atom stereocenters. The Morgan fingerprint density at radius 2 is 1.85 bits per heavy atom. The molecule has 1 aliphatic heterocycles. The molecule has 0 bridgehead atoms. The van der Waals surface area contributed by atoms with E-state index in [0.29, 0.717) is 0 Å². The fourth-order valence-corrected chi connectivity index (χ4v) is 6.40. The van der Waals surface area contributed by atoms with Gasteiger partial charge < -0.3 is 30.0 Å². The normalized spacial score (nSPS) is 28.6. The van der Waals surface area contributed by atoms with E-state index in [9.17, 15) is 28.3 Å². The van der Waals surface area contributed by atoms with Crippen molar-refractivity contribution in [3.8, 4) is 0 Å². The van der Waals surface area contributed by atoms with E-state index in [1.807, 2.05) is 0 Å². The van der Waals surface area contributed by atoms with Crippen LogP contribution in [0.4, 0.5) is 10.3 Å². The molecule has 7 N–H and O–H groups in total. The Hall–Kier alpha value is -1.55. The Balaban J connectivity index is 1.84. The summed E-state index contributed by atoms with van der Waals surface area (Å²) in [6.45, 7) is 3.22. The molecule has 2 aromatic rings. The molecule has 0 aromatic carbocycles. The number of hydrogen-bond acceptors (Lipinski definition) is 11. The summed E-state index contributed by atoms with van der Waals surface area (Å²) in [5, 5.41) is 0. The number of halogens is 1. The Morgan fingerprint density at radius 1 is 1.24 bits per heavy atom. The first kappa shape index (κ1) is 27.0. The molecule has 1 saturated heterocycles. The van der Waals surface area contributed by atoms with E-state index >= 15 is 4.39 Å². The van der Waals surface area contributed by atoms with E-state index in [1.54, 1.807) is 13.8 Å². The highest BCUT2D eigenvalue weighted by Gasteiger charge is 2.60. The molecular formula is C13H21FN5O12P3. The Bertz CT molecular complexity index is 1310. The average Bonchev–Trinajstić information content (AvgIpc) is 3.11. The molecule has 17 nitrogen and oxygen atoms in total. The van der Waals surface area contributed by atoms with Crippen molar-refractivity contribution >= 4 is 40.6 Å². The molecule has 1 fully saturated rings. The lowest BCUT2D eigenvalue weighted by molar-refractivity contribution is -0.189. The molecule has 2 unspecified atom stereocenters. The lowest BCUT2D eigenvalue weighted by Crippen LogP contribution is -2.37. The third-order valence-corrected chi connectivity index (χ3v) is 9.03. The Labute approximate surface area is 189 Å². The number of fused-ring (bicyclic) bond motifs is 1. The predicted octanol–water partition coefficient (Wildman–Crippen LogP) is 0.902. The molecule has 0 aliphatic carbocycles. The number of phosphoric ester groups is 1. The SMILES string of the molecule is C[C@H]1C(C)(C)[C@H](n2cnc3c(=O)[nH]c(N)nc32)O[C@]1(F)COP(=O)(O)OP(=O)(O)OP(=O)(O)O. The van der Waals surface area contributed by atoms with Crippen LogP contribution in [-0.2, 0) is 31.6 Å². The molecule has 34 heavy (non-hydrogen) atoms. The van der Waals surface area contributed by atoms with Gasteiger partial charge in [-0.05, 0) is 0 Å². The first-order valence-electron chi connectivity index (χ1n) is 9.14. The van der Waals surface area contributed by atoms with Crippen LogP contribution in [0.1, 0.15) is 27.0 Å². The zero-order valence-electron chi connectivity index (χ0n) is 17.6. The number of nitrogens with zero attached hydrogens (tertiary/aromatic N) is 3. The largest absolute Gasteiger partial charge is 0.490 e. The zero-order chi connectivity index (χ0) is 25.9. The molecule has 0 spiro atoms. The average molecular weight is 551 g/mol. The van der Waals surface area contributed by atoms with Crippen LogP contribution in [0.25, 0.3) is 11.2 Å². The second-order valence-electron chi connectivity index (χ2n) is 7.94. The lowest BCUT2D eigenvalue weighted by Gasteiger charge is -2.30. The summed E-state index contributed by atoms with van der Waals surface area (Å²) in [6, 6.07) is 0. The minimum absolute atomic E-state index is 0.0244. The number of H-pyrrole nitrogens is 1. The number of nitrogens with two attached hydrogens (primary N) is 1. The van der Waals surface area contributed by atoms with Crippen LogP contribution in [-0.4, -0.2) is 51.6 Å². The highest BCUT2D eigenvalue weighted by Crippen LogP contribution is 2.67. The van der Waals surface area contributed by atoms with Gasteiger partial charge >= 0.3 is 23.5 Å². The van der Waals surface area contributed by atoms with Gasteiger partial charge in [-0.3, -0.25) is 18.9 Å². The maximum Gasteiger partial charge on any atom is 0.490 e. The number of anilines is 1. The van der Waals surface area contributed by atoms with Crippen LogP contribution >= 0.6 is 23.5 Å². The quantitative estimate of drug-likeness (QED) is 0.249. The minimum Gasteiger partial charge on any atom is -0.369 e. The van der Waals surface area contributed by atoms with Gasteiger partial charge in [0.05, 0.1) is 6.33 Å². The molecule has 21 heteroatoms. The molecule has 3 heterocycles. The van der Waals surface area contributed by atoms with E-state index in [2.05, 4.69) is 28.1 Å². The van der Waals surface area contributed by atoms with E-state index in [4.69, 9.17) is 20.3 Å². The summed E-state index contributed by atoms with van der Waals surface area (Å²) in [7, 11) is -17.0. The van der Waals surface area contributed by atoms with E-state index in [0.717, 1.165) is 0 Å². The highest BCUT2D eigenvalue weighted by atomic mass is 31.3. The summed E-state index contributed by atoms with van der Waals surface area (Å²) in [5.41, 5.74) is 3.70. The molecule has 0 saturated carbocycles. The van der Waals surface area contributed by atoms with Crippen LogP contribution in [0.5, 0.6) is 0 Å². The third kappa shape index (κ3) is 5.48. The van der Waals surface area contributed by atoms with Gasteiger partial charge in [-0.25, -0.2) is 23.1 Å². The van der Waals surface area contributed by atoms with Crippen LogP contribution in [0.2, 0.25) is 0 Å². The van der Waals surface area contributed by atoms with Crippen molar-refractivity contribution < 1.29 is 55.5 Å². The van der Waals surface area contributed by atoms with Gasteiger partial charge in [0.2, 0.25) is 11.8 Å². The summed E-state index contributed by atoms with van der Waals surface area (Å²) >= 11 is 0. The van der Waals surface area contributed by atoms with Crippen molar-refractivity contribution in [3.05, 3.63) is 16.7 Å². The van der Waals surface area contributed by atoms with Crippen molar-refractivity contribution in [2.24, 2.45) is 11.3 Å². The minimum atomic E-state index is -5.78. The van der Waals surface area contributed by atoms with Crippen molar-refractivity contribution in [1.29, 1.82) is 0 Å². The number of phosphoric acid groups is 3. The maximum absolute atomic E-state index is 15.8. The van der Waals surface area contributed by atoms with E-state index < -0.39 is 59.0 Å². The molecule has 2 aromatic heterocycles. The monoisotopic (exact) mass is 551 g/mol. The summed E-state index contributed by atoms with van der Waals surface area (Å²) < 4.78 is 68.2. The number of imidazole rings is 1. The fraction of sp³-hybridized carbons (Fsp3) is 0.615. The van der Waals surface area contributed by atoms with Crippen LogP contribution < -0.4 is 11.3 Å². The highest BCUT2D eigenvalue weighted by molar-refractivity contribution is 7.66. The molecular weight excluding hydrogens is 530 g/mol. The number of hydrogen-bond donors (Lipinski definition) is 6. The number of aromatic nitrogens is 4. The number of aromatic amines is 1. The number of alkyl halides is 1. The van der Waals surface area contributed by atoms with Crippen LogP contribution in [0, 0.1) is 11.3 Å². The van der Waals surface area contributed by atoms with Gasteiger partial charge in [0.1, 0.15) is 12.8 Å². The van der Waals surface area contributed by atoms with E-state index in [-0.39, 0.29) is 17.1 Å². The van der Waals surface area contributed by atoms with E-state index in [1.165, 1.54) is 17.8 Å². The van der Waals surface area contributed by atoms with Crippen LogP contribution in [0.15, 0.2) is 11.1 Å². The number of nitrogen functional groups attached to an aromatic ring is 1. The Kier molecular flexibility index (Phi) is 6.79. The van der Waals surface area contributed by atoms with Crippen molar-refractivity contribution in [1.82, 2.24) is 19.5 Å². The fourth-order valence-electron chi connectivity index (χ4n) is 3.37. The molecule has 3 rings (SSSR count). The second kappa shape index (κ2) is 8.54. The van der Waals surface area contributed by atoms with Crippen LogP contribution in [0.3, 0.4) is 0 Å². The van der Waals surface area contributed by atoms with Gasteiger partial charge in [-0.15, -0.1) is 0 Å². The molecule has 192 valence electrons. The van der Waals surface area contributed by atoms with Crippen molar-refractivity contribution in [2.45, 2.75) is 32.9 Å². The number of rotatable bonds is 8. The van der Waals surface area contributed by atoms with Crippen molar-refractivity contribution in [3.63, 3.8) is 0 Å². The first-order valence-corrected chi connectivity index (χ1v) is 13.7. The van der Waals surface area contributed by atoms with Crippen molar-refractivity contribution in [2.75, 3.05) is 12.3 Å². The van der Waals surface area contributed by atoms with Gasteiger partial charge in [0, 0.05) is 11.3 Å². The second-order valence-corrected chi connectivity index (χ2v) is 12.4. The molecule has 0 amide bonds. The molecule has 1 aliphatic rings. The van der Waals surface area contributed by atoms with Gasteiger partial charge in [0.15, 0.2) is 11.2 Å². The predicted molar refractivity (Wildman–Crippen MR) is 109 cm³/mol. The van der Waals surface area contributed by atoms with Gasteiger partial charge in [0.25, 0.3) is 5.56 Å². The first-order chi connectivity index (χ1) is 15.3. The standard InChI is InChI=1S/C13H21FN5O12P3/c1-6-12(2,3)10(19-5-16-7-8(19)17-11(15)18-9(7)20)29-13(6,14)4-28-33(24,25)31-34(26,27)30-32(21,22)23/h5-6,10H,4H2,1-3H3,(H,24,25)(H,26,27)(H2,21,22,23)(H3,15,17,18,20)/t6-,10+,13+/m0/s1. The summed E-state index contributed by atoms with van der Waals surface area (Å²) in [5.74, 6) is -4.11. The third-order valence-electron chi connectivity index (χ3n) is 5.25. The molecule has 0 radical (unpaired) electrons. The number of ether oxygens (including phenoxy) is 1. The topological polar surface area (TPSA) is 259 Å². The Morgan fingerprint density at radius 3 is 2.44 bits per heavy atom. The smallest absolute Gasteiger partial charge is 0.369 e. The van der Waals surface area contributed by atoms with Gasteiger partial charge in [-0.1, -0.05) is 20.8 Å². The summed E-state index contributed by atoms with van der Waals surface area (Å²) in [4.78, 5) is 58.2. The summed E-state index contributed by atoms with van der Waals surface area (Å²) in [6.07, 6.45) is -0.0183. The maximum atomic E-state index is 15.8.